The van der Waals surface area contributed by atoms with Crippen LogP contribution in [0, 0.1) is 0 Å². The molecule has 1 aromatic heterocycles. The third kappa shape index (κ3) is 4.94. The number of benzene rings is 1. The summed E-state index contributed by atoms with van der Waals surface area (Å²) >= 11 is 3.32. The summed E-state index contributed by atoms with van der Waals surface area (Å²) in [7, 11) is -2.32. The van der Waals surface area contributed by atoms with Gasteiger partial charge in [0.15, 0.2) is 6.54 Å². The van der Waals surface area contributed by atoms with E-state index in [0.29, 0.717) is 13.0 Å². The Hall–Kier alpha value is -1.09. The van der Waals surface area contributed by atoms with Crippen molar-refractivity contribution in [1.29, 1.82) is 0 Å². The Labute approximate surface area is 144 Å². The van der Waals surface area contributed by atoms with Crippen molar-refractivity contribution in [3.05, 3.63) is 28.1 Å². The lowest BCUT2D eigenvalue weighted by molar-refractivity contribution is -0.668. The van der Waals surface area contributed by atoms with Crippen LogP contribution in [-0.4, -0.2) is 32.1 Å². The van der Waals surface area contributed by atoms with E-state index in [0.717, 1.165) is 21.0 Å². The van der Waals surface area contributed by atoms with Crippen LogP contribution in [0.4, 0.5) is 0 Å². The van der Waals surface area contributed by atoms with Crippen LogP contribution >= 0.6 is 23.1 Å². The van der Waals surface area contributed by atoms with Gasteiger partial charge in [0.05, 0.1) is 18.9 Å². The SMILES string of the molecule is COc1ccc2sc(/C=C(/C)SC)[n+](CCCS(=O)(=O)O)c2c1. The Morgan fingerprint density at radius 2 is 2.22 bits per heavy atom. The first-order chi connectivity index (χ1) is 10.8. The molecule has 126 valence electrons. The summed E-state index contributed by atoms with van der Waals surface area (Å²) < 4.78 is 39.3. The molecule has 1 N–H and O–H groups in total. The second-order valence-corrected chi connectivity index (χ2v) is 8.71. The Bertz CT molecular complexity index is 825. The quantitative estimate of drug-likeness (QED) is 0.595. The summed E-state index contributed by atoms with van der Waals surface area (Å²) in [6, 6.07) is 5.87. The van der Waals surface area contributed by atoms with Crippen LogP contribution in [0.15, 0.2) is 23.1 Å². The van der Waals surface area contributed by atoms with Crippen molar-refractivity contribution >= 4 is 49.5 Å². The molecule has 1 aromatic carbocycles. The second kappa shape index (κ2) is 7.65. The summed E-state index contributed by atoms with van der Waals surface area (Å²) in [6.07, 6.45) is 4.46. The van der Waals surface area contributed by atoms with Gasteiger partial charge in [0.1, 0.15) is 10.4 Å². The molecule has 0 radical (unpaired) electrons. The van der Waals surface area contributed by atoms with Gasteiger partial charge < -0.3 is 4.74 Å². The monoisotopic (exact) mass is 374 g/mol. The molecule has 2 aromatic rings. The highest BCUT2D eigenvalue weighted by Crippen LogP contribution is 2.27. The molecule has 23 heavy (non-hydrogen) atoms. The number of thiazole rings is 1. The number of aromatic nitrogens is 1. The number of aryl methyl sites for hydroxylation is 1. The summed E-state index contributed by atoms with van der Waals surface area (Å²) in [5.41, 5.74) is 1.00. The van der Waals surface area contributed by atoms with Gasteiger partial charge in [-0.25, -0.2) is 0 Å². The second-order valence-electron chi connectivity index (χ2n) is 5.02. The maximum absolute atomic E-state index is 10.9. The van der Waals surface area contributed by atoms with Crippen molar-refractivity contribution in [2.75, 3.05) is 19.1 Å². The summed E-state index contributed by atoms with van der Waals surface area (Å²) in [5, 5.41) is 1.05. The van der Waals surface area contributed by atoms with E-state index >= 15 is 0 Å². The van der Waals surface area contributed by atoms with Crippen molar-refractivity contribution in [3.63, 3.8) is 0 Å². The maximum Gasteiger partial charge on any atom is 0.265 e. The normalized spacial score (nSPS) is 12.8. The van der Waals surface area contributed by atoms with E-state index in [-0.39, 0.29) is 5.75 Å². The van der Waals surface area contributed by atoms with E-state index in [1.165, 1.54) is 4.91 Å². The fraction of sp³-hybridized carbons (Fsp3) is 0.400. The standard InChI is InChI=1S/C15H19NO4S3/c1-11(21-3)9-15-16(7-4-8-23(17,18)19)13-10-12(20-2)5-6-14(13)22-15/h5-6,9-10H,4,7-8H2,1-3H3/p+1/b11-9-. The molecule has 0 unspecified atom stereocenters. The topological polar surface area (TPSA) is 67.5 Å². The molecule has 0 saturated carbocycles. The number of ether oxygens (including phenoxy) is 1. The van der Waals surface area contributed by atoms with Crippen molar-refractivity contribution in [3.8, 4) is 5.75 Å². The van der Waals surface area contributed by atoms with Crippen molar-refractivity contribution < 1.29 is 22.3 Å². The molecule has 0 aliphatic carbocycles. The lowest BCUT2D eigenvalue weighted by Gasteiger charge is -2.00. The largest absolute Gasteiger partial charge is 0.497 e. The van der Waals surface area contributed by atoms with E-state index in [4.69, 9.17) is 9.29 Å². The molecule has 2 rings (SSSR count). The first kappa shape index (κ1) is 18.3. The molecule has 0 amide bonds. The van der Waals surface area contributed by atoms with E-state index < -0.39 is 10.1 Å². The van der Waals surface area contributed by atoms with Crippen molar-refractivity contribution in [1.82, 2.24) is 0 Å². The molecular formula is C15H20NO4S3+. The maximum atomic E-state index is 10.9. The van der Waals surface area contributed by atoms with E-state index in [1.54, 1.807) is 30.2 Å². The first-order valence-corrected chi connectivity index (χ1v) is 10.7. The van der Waals surface area contributed by atoms with Crippen LogP contribution in [0.5, 0.6) is 5.75 Å². The first-order valence-electron chi connectivity index (χ1n) is 7.02. The van der Waals surface area contributed by atoms with Gasteiger partial charge >= 0.3 is 0 Å². The number of nitrogens with zero attached hydrogens (tertiary/aromatic N) is 1. The van der Waals surface area contributed by atoms with Crippen LogP contribution in [-0.2, 0) is 16.7 Å². The molecule has 0 atom stereocenters. The summed E-state index contributed by atoms with van der Waals surface area (Å²) in [6.45, 7) is 2.55. The molecule has 5 nitrogen and oxygen atoms in total. The zero-order chi connectivity index (χ0) is 17.0. The van der Waals surface area contributed by atoms with Crippen LogP contribution in [0.1, 0.15) is 18.4 Å². The zero-order valence-electron chi connectivity index (χ0n) is 13.3. The fourth-order valence-corrected chi connectivity index (χ4v) is 4.15. The van der Waals surface area contributed by atoms with Crippen LogP contribution in [0.3, 0.4) is 0 Å². The smallest absolute Gasteiger partial charge is 0.265 e. The van der Waals surface area contributed by atoms with Gasteiger partial charge in [-0.1, -0.05) is 11.3 Å². The molecule has 0 aliphatic heterocycles. The predicted octanol–water partition coefficient (Wildman–Crippen LogP) is 3.20. The lowest BCUT2D eigenvalue weighted by atomic mass is 10.3. The number of thioether (sulfide) groups is 1. The van der Waals surface area contributed by atoms with Crippen LogP contribution in [0.25, 0.3) is 16.3 Å². The zero-order valence-corrected chi connectivity index (χ0v) is 15.7. The van der Waals surface area contributed by atoms with Crippen molar-refractivity contribution in [2.45, 2.75) is 19.9 Å². The molecule has 0 bridgehead atoms. The summed E-state index contributed by atoms with van der Waals surface area (Å²) in [4.78, 5) is 1.17. The number of rotatable bonds is 7. The molecule has 0 aliphatic rings. The minimum Gasteiger partial charge on any atom is -0.497 e. The lowest BCUT2D eigenvalue weighted by Crippen LogP contribution is -2.36. The highest BCUT2D eigenvalue weighted by molar-refractivity contribution is 8.02. The number of methoxy groups -OCH3 is 1. The van der Waals surface area contributed by atoms with Gasteiger partial charge in [0.25, 0.3) is 15.1 Å². The van der Waals surface area contributed by atoms with E-state index in [1.807, 2.05) is 31.4 Å². The summed E-state index contributed by atoms with van der Waals surface area (Å²) in [5.74, 6) is 0.516. The number of hydrogen-bond acceptors (Lipinski definition) is 5. The van der Waals surface area contributed by atoms with E-state index in [9.17, 15) is 8.42 Å². The average Bonchev–Trinajstić information content (AvgIpc) is 2.82. The van der Waals surface area contributed by atoms with Crippen LogP contribution < -0.4 is 9.30 Å². The van der Waals surface area contributed by atoms with Gasteiger partial charge in [-0.2, -0.15) is 13.0 Å². The Morgan fingerprint density at radius 3 is 2.83 bits per heavy atom. The van der Waals surface area contributed by atoms with Gasteiger partial charge in [-0.3, -0.25) is 4.55 Å². The minimum absolute atomic E-state index is 0.244. The minimum atomic E-state index is -3.94. The Kier molecular flexibility index (Phi) is 6.07. The van der Waals surface area contributed by atoms with Gasteiger partial charge in [0, 0.05) is 12.5 Å². The Morgan fingerprint density at radius 1 is 1.48 bits per heavy atom. The Balaban J connectivity index is 2.44. The highest BCUT2D eigenvalue weighted by Gasteiger charge is 2.20. The fourth-order valence-electron chi connectivity index (χ4n) is 2.18. The molecular weight excluding hydrogens is 354 g/mol. The molecule has 1 heterocycles. The molecule has 0 fully saturated rings. The van der Waals surface area contributed by atoms with E-state index in [2.05, 4.69) is 10.6 Å². The van der Waals surface area contributed by atoms with Crippen LogP contribution in [0.2, 0.25) is 0 Å². The molecule has 0 spiro atoms. The average molecular weight is 375 g/mol. The predicted molar refractivity (Wildman–Crippen MR) is 96.8 cm³/mol. The van der Waals surface area contributed by atoms with Gasteiger partial charge in [-0.05, 0) is 30.2 Å². The van der Waals surface area contributed by atoms with Gasteiger partial charge in [0.2, 0.25) is 5.52 Å². The number of fused-ring (bicyclic) bond motifs is 1. The number of allylic oxidation sites excluding steroid dienone is 1. The van der Waals surface area contributed by atoms with Gasteiger partial charge in [-0.15, -0.1) is 11.8 Å². The third-order valence-corrected chi connectivity index (χ3v) is 6.05. The highest BCUT2D eigenvalue weighted by atomic mass is 32.2. The molecule has 0 saturated heterocycles. The van der Waals surface area contributed by atoms with Crippen molar-refractivity contribution in [2.24, 2.45) is 0 Å². The third-order valence-electron chi connectivity index (χ3n) is 3.37. The number of hydrogen-bond donors (Lipinski definition) is 1. The molecule has 8 heteroatoms.